The molecule has 140 valence electrons. The molecule has 26 heavy (non-hydrogen) atoms. The molecule has 2 heterocycles. The quantitative estimate of drug-likeness (QED) is 0.753. The van der Waals surface area contributed by atoms with E-state index in [9.17, 15) is 4.79 Å². The highest BCUT2D eigenvalue weighted by Gasteiger charge is 2.21. The summed E-state index contributed by atoms with van der Waals surface area (Å²) in [4.78, 5) is 20.1. The van der Waals surface area contributed by atoms with Crippen molar-refractivity contribution in [2.75, 3.05) is 31.9 Å². The van der Waals surface area contributed by atoms with E-state index in [1.54, 1.807) is 30.6 Å². The molecule has 1 saturated carbocycles. The van der Waals surface area contributed by atoms with Gasteiger partial charge in [0.05, 0.1) is 13.7 Å². The average Bonchev–Trinajstić information content (AvgIpc) is 3.04. The van der Waals surface area contributed by atoms with Gasteiger partial charge in [0.25, 0.3) is 5.91 Å². The van der Waals surface area contributed by atoms with Crippen LogP contribution in [0.5, 0.6) is 5.06 Å². The number of anilines is 1. The Bertz CT molecular complexity index is 852. The molecule has 0 bridgehead atoms. The minimum absolute atomic E-state index is 0.0763. The summed E-state index contributed by atoms with van der Waals surface area (Å²) in [5, 5.41) is 3.91. The number of carbonyl (C=O) groups is 1. The Morgan fingerprint density at radius 2 is 2.19 bits per heavy atom. The second-order valence-corrected chi connectivity index (χ2v) is 7.70. The van der Waals surface area contributed by atoms with Crippen LogP contribution in [0.3, 0.4) is 0 Å². The number of pyridine rings is 1. The fraction of sp³-hybridized carbons (Fsp3) is 0.444. The van der Waals surface area contributed by atoms with E-state index in [0.29, 0.717) is 23.4 Å². The van der Waals surface area contributed by atoms with Crippen molar-refractivity contribution in [3.05, 3.63) is 40.2 Å². The van der Waals surface area contributed by atoms with Crippen molar-refractivity contribution >= 4 is 23.1 Å². The molecule has 0 spiro atoms. The van der Waals surface area contributed by atoms with Crippen LogP contribution >= 0.6 is 11.3 Å². The summed E-state index contributed by atoms with van der Waals surface area (Å²) in [5.41, 5.74) is 1.13. The summed E-state index contributed by atoms with van der Waals surface area (Å²) in [5.74, 6) is 6.86. The van der Waals surface area contributed by atoms with Crippen molar-refractivity contribution in [2.24, 2.45) is 4.99 Å². The van der Waals surface area contributed by atoms with Gasteiger partial charge in [-0.2, -0.15) is 0 Å². The van der Waals surface area contributed by atoms with Gasteiger partial charge in [0.1, 0.15) is 11.3 Å². The number of aromatic nitrogens is 1. The average molecular weight is 375 g/mol. The molecule has 1 aliphatic rings. The number of ether oxygens (including phenoxy) is 1. The van der Waals surface area contributed by atoms with E-state index in [0.717, 1.165) is 22.8 Å². The number of nitrogens with two attached hydrogens (primary N) is 1. The minimum Gasteiger partial charge on any atom is -0.487 e. The van der Waals surface area contributed by atoms with Crippen molar-refractivity contribution in [3.63, 3.8) is 0 Å². The number of thiophene rings is 1. The van der Waals surface area contributed by atoms with Crippen LogP contribution in [0.4, 0.5) is 5.82 Å². The molecule has 0 saturated heterocycles. The van der Waals surface area contributed by atoms with E-state index in [2.05, 4.69) is 10.3 Å². The predicted molar refractivity (Wildman–Crippen MR) is 104 cm³/mol. The zero-order chi connectivity index (χ0) is 18.7. The van der Waals surface area contributed by atoms with E-state index < -0.39 is 0 Å². The van der Waals surface area contributed by atoms with E-state index in [4.69, 9.17) is 10.6 Å². The SMILES string of the molecule is COc1ccc(CN=c2cc(C(=O)NC3CCC3)cc(N(C)C)n2N)s1. The molecule has 0 aromatic carbocycles. The molecule has 1 aliphatic carbocycles. The van der Waals surface area contributed by atoms with Crippen LogP contribution in [0.1, 0.15) is 34.5 Å². The topological polar surface area (TPSA) is 84.9 Å². The van der Waals surface area contributed by atoms with Crippen LogP contribution in [0.2, 0.25) is 0 Å². The van der Waals surface area contributed by atoms with Gasteiger partial charge < -0.3 is 20.8 Å². The second-order valence-electron chi connectivity index (χ2n) is 6.57. The van der Waals surface area contributed by atoms with Crippen molar-refractivity contribution in [1.82, 2.24) is 9.99 Å². The number of nitrogen functional groups attached to an aromatic ring is 1. The van der Waals surface area contributed by atoms with Gasteiger partial charge in [-0.25, -0.2) is 4.68 Å². The summed E-state index contributed by atoms with van der Waals surface area (Å²) in [7, 11) is 5.43. The molecule has 1 fully saturated rings. The monoisotopic (exact) mass is 375 g/mol. The van der Waals surface area contributed by atoms with E-state index >= 15 is 0 Å². The molecule has 2 aromatic rings. The number of nitrogens with one attached hydrogen (secondary N) is 1. The molecule has 0 aliphatic heterocycles. The van der Waals surface area contributed by atoms with Gasteiger partial charge >= 0.3 is 0 Å². The van der Waals surface area contributed by atoms with Crippen LogP contribution in [0.15, 0.2) is 29.3 Å². The first-order valence-corrected chi connectivity index (χ1v) is 9.43. The molecule has 3 N–H and O–H groups in total. The maximum Gasteiger partial charge on any atom is 0.251 e. The Morgan fingerprint density at radius 3 is 2.77 bits per heavy atom. The van der Waals surface area contributed by atoms with Gasteiger partial charge in [0.2, 0.25) is 0 Å². The van der Waals surface area contributed by atoms with Crippen molar-refractivity contribution in [1.29, 1.82) is 0 Å². The number of carbonyl (C=O) groups excluding carboxylic acids is 1. The molecular formula is C18H25N5O2S. The van der Waals surface area contributed by atoms with Gasteiger partial charge in [-0.1, -0.05) is 0 Å². The highest BCUT2D eigenvalue weighted by molar-refractivity contribution is 7.13. The van der Waals surface area contributed by atoms with Crippen molar-refractivity contribution < 1.29 is 9.53 Å². The van der Waals surface area contributed by atoms with E-state index in [1.807, 2.05) is 31.1 Å². The number of methoxy groups -OCH3 is 1. The number of nitrogens with zero attached hydrogens (tertiary/aromatic N) is 3. The molecule has 3 rings (SSSR count). The maximum atomic E-state index is 12.6. The molecule has 8 heteroatoms. The summed E-state index contributed by atoms with van der Waals surface area (Å²) >= 11 is 1.54. The third-order valence-electron chi connectivity index (χ3n) is 4.46. The van der Waals surface area contributed by atoms with Crippen LogP contribution in [-0.2, 0) is 6.54 Å². The largest absolute Gasteiger partial charge is 0.487 e. The molecule has 0 unspecified atom stereocenters. The Hall–Kier alpha value is -2.48. The van der Waals surface area contributed by atoms with Gasteiger partial charge in [-0.05, 0) is 43.5 Å². The smallest absolute Gasteiger partial charge is 0.251 e. The summed E-state index contributed by atoms with van der Waals surface area (Å²) in [6.07, 6.45) is 3.28. The van der Waals surface area contributed by atoms with E-state index in [-0.39, 0.29) is 11.9 Å². The Balaban J connectivity index is 1.91. The maximum absolute atomic E-state index is 12.6. The Morgan fingerprint density at radius 1 is 1.42 bits per heavy atom. The summed E-state index contributed by atoms with van der Waals surface area (Å²) in [6, 6.07) is 7.72. The van der Waals surface area contributed by atoms with Crippen LogP contribution in [0, 0.1) is 0 Å². The first kappa shape index (κ1) is 18.3. The summed E-state index contributed by atoms with van der Waals surface area (Å²) < 4.78 is 6.72. The summed E-state index contributed by atoms with van der Waals surface area (Å²) in [6.45, 7) is 0.478. The standard InChI is InChI=1S/C18H25N5O2S/c1-22(2)16-10-12(18(24)21-13-5-4-6-13)9-15(23(16)19)20-11-14-7-8-17(25-3)26-14/h7-10,13H,4-6,11,19H2,1-3H3,(H,21,24). The lowest BCUT2D eigenvalue weighted by molar-refractivity contribution is 0.0916. The zero-order valence-electron chi connectivity index (χ0n) is 15.4. The normalized spacial score (nSPS) is 14.8. The highest BCUT2D eigenvalue weighted by Crippen LogP contribution is 2.24. The van der Waals surface area contributed by atoms with Crippen LogP contribution in [0.25, 0.3) is 0 Å². The van der Waals surface area contributed by atoms with E-state index in [1.165, 1.54) is 11.1 Å². The van der Waals surface area contributed by atoms with Gasteiger partial charge in [-0.3, -0.25) is 9.79 Å². The predicted octanol–water partition coefficient (Wildman–Crippen LogP) is 1.72. The van der Waals surface area contributed by atoms with Gasteiger partial charge in [0.15, 0.2) is 5.06 Å². The number of hydrogen-bond donors (Lipinski definition) is 2. The number of rotatable bonds is 6. The fourth-order valence-corrected chi connectivity index (χ4v) is 3.45. The third-order valence-corrected chi connectivity index (χ3v) is 5.49. The first-order valence-electron chi connectivity index (χ1n) is 8.61. The molecule has 0 radical (unpaired) electrons. The lowest BCUT2D eigenvalue weighted by Crippen LogP contribution is -2.41. The third kappa shape index (κ3) is 4.01. The lowest BCUT2D eigenvalue weighted by Gasteiger charge is -2.26. The number of hydrogen-bond acceptors (Lipinski definition) is 6. The molecular weight excluding hydrogens is 350 g/mol. The van der Waals surface area contributed by atoms with Crippen LogP contribution < -0.4 is 26.3 Å². The van der Waals surface area contributed by atoms with Crippen molar-refractivity contribution in [3.8, 4) is 5.06 Å². The fourth-order valence-electron chi connectivity index (χ4n) is 2.71. The van der Waals surface area contributed by atoms with Crippen molar-refractivity contribution in [2.45, 2.75) is 31.8 Å². The Kier molecular flexibility index (Phi) is 5.51. The Labute approximate surface area is 157 Å². The first-order chi connectivity index (χ1) is 12.5. The molecule has 1 amide bonds. The highest BCUT2D eigenvalue weighted by atomic mass is 32.1. The van der Waals surface area contributed by atoms with Gasteiger partial charge in [0, 0.05) is 30.6 Å². The van der Waals surface area contributed by atoms with Gasteiger partial charge in [-0.15, -0.1) is 11.3 Å². The zero-order valence-corrected chi connectivity index (χ0v) is 16.2. The second kappa shape index (κ2) is 7.82. The molecule has 7 nitrogen and oxygen atoms in total. The lowest BCUT2D eigenvalue weighted by atomic mass is 9.93. The molecule has 2 aromatic heterocycles. The minimum atomic E-state index is -0.0763. The molecule has 0 atom stereocenters. The van der Waals surface area contributed by atoms with Crippen LogP contribution in [-0.4, -0.2) is 37.8 Å². The number of amides is 1.